The number of halogens is 1. The van der Waals surface area contributed by atoms with Crippen molar-refractivity contribution in [3.8, 4) is 10.4 Å². The first-order valence-electron chi connectivity index (χ1n) is 9.55. The molecule has 0 aliphatic carbocycles. The smallest absolute Gasteiger partial charge is 0.308 e. The van der Waals surface area contributed by atoms with Crippen LogP contribution in [0, 0.1) is 6.92 Å². The Morgan fingerprint density at radius 2 is 2.03 bits per heavy atom. The van der Waals surface area contributed by atoms with Crippen molar-refractivity contribution in [3.05, 3.63) is 73.7 Å². The summed E-state index contributed by atoms with van der Waals surface area (Å²) in [6, 6.07) is 8.37. The molecule has 6 nitrogen and oxygen atoms in total. The number of aryl methyl sites for hydroxylation is 2. The van der Waals surface area contributed by atoms with Crippen LogP contribution in [0.5, 0.6) is 0 Å². The standard InChI is InChI=1S/C22H20ClN3O3S/c1-4-29-19(28)10-17-15-9-18(27)26(3)11-16(15)22-21(24-12(2)30-22)20(25-17)13-5-7-14(23)8-6-13/h5-9,11,17H,4,10H2,1-3H3. The van der Waals surface area contributed by atoms with Gasteiger partial charge in [0.1, 0.15) is 5.69 Å². The topological polar surface area (TPSA) is 73.5 Å². The fourth-order valence-electron chi connectivity index (χ4n) is 3.52. The second-order valence-corrected chi connectivity index (χ2v) is 8.65. The molecule has 1 aromatic carbocycles. The third kappa shape index (κ3) is 3.82. The molecule has 2 aromatic heterocycles. The molecule has 0 saturated carbocycles. The van der Waals surface area contributed by atoms with Crippen LogP contribution in [0.2, 0.25) is 5.02 Å². The third-order valence-electron chi connectivity index (χ3n) is 4.89. The first-order chi connectivity index (χ1) is 14.4. The molecule has 0 spiro atoms. The number of nitrogens with zero attached hydrogens (tertiary/aromatic N) is 3. The molecule has 1 aliphatic rings. The predicted octanol–water partition coefficient (Wildman–Crippen LogP) is 4.32. The Hall–Kier alpha value is -2.77. The van der Waals surface area contributed by atoms with Crippen molar-refractivity contribution in [2.24, 2.45) is 12.0 Å². The number of thiazole rings is 1. The van der Waals surface area contributed by atoms with Gasteiger partial charge in [-0.15, -0.1) is 11.3 Å². The van der Waals surface area contributed by atoms with E-state index in [1.54, 1.807) is 49.7 Å². The average molecular weight is 442 g/mol. The van der Waals surface area contributed by atoms with Crippen molar-refractivity contribution in [2.45, 2.75) is 26.3 Å². The number of ether oxygens (including phenoxy) is 1. The summed E-state index contributed by atoms with van der Waals surface area (Å²) in [5, 5.41) is 1.52. The number of esters is 1. The highest BCUT2D eigenvalue weighted by atomic mass is 35.5. The lowest BCUT2D eigenvalue weighted by Crippen LogP contribution is -2.18. The van der Waals surface area contributed by atoms with E-state index in [1.165, 1.54) is 4.57 Å². The summed E-state index contributed by atoms with van der Waals surface area (Å²) in [6.07, 6.45) is 1.84. The molecule has 0 bridgehead atoms. The Labute approximate surface area is 182 Å². The van der Waals surface area contributed by atoms with E-state index in [2.05, 4.69) is 0 Å². The maximum absolute atomic E-state index is 12.4. The number of carbonyl (C=O) groups excluding carboxylic acids is 1. The SMILES string of the molecule is CCOC(=O)CC1N=C(c2ccc(Cl)cc2)c2nc(C)sc2-c2cn(C)c(=O)cc21. The normalized spacial score (nSPS) is 15.1. The zero-order valence-electron chi connectivity index (χ0n) is 16.8. The lowest BCUT2D eigenvalue weighted by atomic mass is 9.99. The highest BCUT2D eigenvalue weighted by Gasteiger charge is 2.30. The molecule has 1 aliphatic heterocycles. The van der Waals surface area contributed by atoms with Crippen LogP contribution < -0.4 is 5.56 Å². The van der Waals surface area contributed by atoms with Crippen LogP contribution >= 0.6 is 22.9 Å². The molecule has 30 heavy (non-hydrogen) atoms. The van der Waals surface area contributed by atoms with Gasteiger partial charge in [0, 0.05) is 35.5 Å². The van der Waals surface area contributed by atoms with Gasteiger partial charge in [0.15, 0.2) is 0 Å². The third-order valence-corrected chi connectivity index (χ3v) is 6.15. The minimum absolute atomic E-state index is 0.0407. The maximum Gasteiger partial charge on any atom is 0.308 e. The van der Waals surface area contributed by atoms with Crippen LogP contribution in [-0.4, -0.2) is 27.8 Å². The number of aromatic nitrogens is 2. The van der Waals surface area contributed by atoms with Crippen LogP contribution in [0.4, 0.5) is 0 Å². The van der Waals surface area contributed by atoms with Gasteiger partial charge in [0.25, 0.3) is 5.56 Å². The van der Waals surface area contributed by atoms with Crippen molar-refractivity contribution in [1.82, 2.24) is 9.55 Å². The number of rotatable bonds is 4. The lowest BCUT2D eigenvalue weighted by molar-refractivity contribution is -0.143. The summed E-state index contributed by atoms with van der Waals surface area (Å²) in [4.78, 5) is 35.4. The summed E-state index contributed by atoms with van der Waals surface area (Å²) in [5.41, 5.74) is 3.67. The molecule has 0 fully saturated rings. The average Bonchev–Trinajstić information content (AvgIpc) is 3.04. The number of benzene rings is 1. The molecule has 3 heterocycles. The fraction of sp³-hybridized carbons (Fsp3) is 0.273. The summed E-state index contributed by atoms with van der Waals surface area (Å²) < 4.78 is 6.70. The molecule has 1 atom stereocenters. The Kier molecular flexibility index (Phi) is 5.58. The van der Waals surface area contributed by atoms with Gasteiger partial charge in [0.05, 0.1) is 34.7 Å². The second-order valence-electron chi connectivity index (χ2n) is 7.01. The minimum atomic E-state index is -0.555. The van der Waals surface area contributed by atoms with E-state index >= 15 is 0 Å². The van der Waals surface area contributed by atoms with E-state index in [4.69, 9.17) is 26.3 Å². The van der Waals surface area contributed by atoms with E-state index in [-0.39, 0.29) is 24.6 Å². The van der Waals surface area contributed by atoms with Gasteiger partial charge in [-0.25, -0.2) is 4.98 Å². The van der Waals surface area contributed by atoms with Gasteiger partial charge in [-0.1, -0.05) is 23.7 Å². The highest BCUT2D eigenvalue weighted by Crippen LogP contribution is 2.41. The predicted molar refractivity (Wildman–Crippen MR) is 119 cm³/mol. The monoisotopic (exact) mass is 441 g/mol. The van der Waals surface area contributed by atoms with Crippen molar-refractivity contribution in [1.29, 1.82) is 0 Å². The van der Waals surface area contributed by atoms with Gasteiger partial charge in [-0.3, -0.25) is 14.6 Å². The molecular weight excluding hydrogens is 422 g/mol. The highest BCUT2D eigenvalue weighted by molar-refractivity contribution is 7.15. The zero-order chi connectivity index (χ0) is 21.4. The Morgan fingerprint density at radius 1 is 1.30 bits per heavy atom. The van der Waals surface area contributed by atoms with Crippen molar-refractivity contribution < 1.29 is 9.53 Å². The number of carbonyl (C=O) groups is 1. The number of pyridine rings is 1. The van der Waals surface area contributed by atoms with Gasteiger partial charge in [-0.05, 0) is 31.5 Å². The van der Waals surface area contributed by atoms with E-state index in [0.717, 1.165) is 26.7 Å². The van der Waals surface area contributed by atoms with Crippen LogP contribution in [-0.2, 0) is 16.6 Å². The molecular formula is C22H20ClN3O3S. The fourth-order valence-corrected chi connectivity index (χ4v) is 4.60. The lowest BCUT2D eigenvalue weighted by Gasteiger charge is -2.15. The molecule has 0 saturated heterocycles. The van der Waals surface area contributed by atoms with Gasteiger partial charge >= 0.3 is 5.97 Å². The van der Waals surface area contributed by atoms with Gasteiger partial charge < -0.3 is 9.30 Å². The summed E-state index contributed by atoms with van der Waals surface area (Å²) in [7, 11) is 1.71. The quantitative estimate of drug-likeness (QED) is 0.565. The number of fused-ring (bicyclic) bond motifs is 3. The molecule has 8 heteroatoms. The van der Waals surface area contributed by atoms with E-state index in [9.17, 15) is 9.59 Å². The van der Waals surface area contributed by atoms with Crippen LogP contribution in [0.25, 0.3) is 10.4 Å². The Bertz CT molecular complexity index is 1210. The first-order valence-corrected chi connectivity index (χ1v) is 10.7. The van der Waals surface area contributed by atoms with Crippen LogP contribution in [0.3, 0.4) is 0 Å². The van der Waals surface area contributed by atoms with E-state index < -0.39 is 6.04 Å². The molecule has 3 aromatic rings. The van der Waals surface area contributed by atoms with E-state index in [0.29, 0.717) is 16.3 Å². The largest absolute Gasteiger partial charge is 0.466 e. The van der Waals surface area contributed by atoms with Gasteiger partial charge in [-0.2, -0.15) is 0 Å². The van der Waals surface area contributed by atoms with Crippen LogP contribution in [0.15, 0.2) is 46.3 Å². The zero-order valence-corrected chi connectivity index (χ0v) is 18.4. The number of hydrogen-bond donors (Lipinski definition) is 0. The van der Waals surface area contributed by atoms with Crippen molar-refractivity contribution >= 4 is 34.6 Å². The molecule has 0 radical (unpaired) electrons. The van der Waals surface area contributed by atoms with Crippen molar-refractivity contribution in [2.75, 3.05) is 6.61 Å². The summed E-state index contributed by atoms with van der Waals surface area (Å²) in [5.74, 6) is -0.359. The molecule has 154 valence electrons. The maximum atomic E-state index is 12.4. The summed E-state index contributed by atoms with van der Waals surface area (Å²) in [6.45, 7) is 3.99. The molecule has 0 amide bonds. The first kappa shape index (κ1) is 20.5. The van der Waals surface area contributed by atoms with Crippen LogP contribution in [0.1, 0.15) is 41.2 Å². The van der Waals surface area contributed by atoms with Gasteiger partial charge in [0.2, 0.25) is 0 Å². The number of hydrogen-bond acceptors (Lipinski definition) is 6. The second kappa shape index (κ2) is 8.16. The van der Waals surface area contributed by atoms with Crippen molar-refractivity contribution in [3.63, 3.8) is 0 Å². The Balaban J connectivity index is 1.98. The molecule has 4 rings (SSSR count). The molecule has 1 unspecified atom stereocenters. The minimum Gasteiger partial charge on any atom is -0.466 e. The Morgan fingerprint density at radius 3 is 2.73 bits per heavy atom. The van der Waals surface area contributed by atoms with E-state index in [1.807, 2.05) is 19.1 Å². The molecule has 0 N–H and O–H groups in total. The number of aliphatic imine (C=N–C) groups is 1. The summed E-state index contributed by atoms with van der Waals surface area (Å²) >= 11 is 7.62.